The average molecular weight is 341 g/mol. The predicted octanol–water partition coefficient (Wildman–Crippen LogP) is 4.95. The Morgan fingerprint density at radius 1 is 1.25 bits per heavy atom. The van der Waals surface area contributed by atoms with Gasteiger partial charge in [-0.1, -0.05) is 28.1 Å². The summed E-state index contributed by atoms with van der Waals surface area (Å²) in [5.74, 6) is 1.80. The van der Waals surface area contributed by atoms with Crippen LogP contribution < -0.4 is 4.74 Å². The zero-order valence-electron chi connectivity index (χ0n) is 12.9. The van der Waals surface area contributed by atoms with E-state index in [1.54, 1.807) is 7.11 Å². The van der Waals surface area contributed by atoms with Crippen molar-refractivity contribution in [3.05, 3.63) is 28.8 Å². The highest BCUT2D eigenvalue weighted by atomic mass is 79.9. The maximum atomic E-state index is 5.63. The lowest BCUT2D eigenvalue weighted by molar-refractivity contribution is -0.0264. The molecule has 1 fully saturated rings. The van der Waals surface area contributed by atoms with Gasteiger partial charge in [0.15, 0.2) is 0 Å². The van der Waals surface area contributed by atoms with Crippen molar-refractivity contribution in [3.8, 4) is 5.75 Å². The third kappa shape index (κ3) is 3.56. The predicted molar refractivity (Wildman–Crippen MR) is 86.9 cm³/mol. The number of aryl methyl sites for hydroxylation is 2. The van der Waals surface area contributed by atoms with Crippen molar-refractivity contribution in [2.45, 2.75) is 51.0 Å². The maximum absolute atomic E-state index is 5.63. The third-order valence-electron chi connectivity index (χ3n) is 4.18. The van der Waals surface area contributed by atoms with E-state index in [1.165, 1.54) is 36.0 Å². The first kappa shape index (κ1) is 15.8. The van der Waals surface area contributed by atoms with Gasteiger partial charge >= 0.3 is 0 Å². The molecule has 1 unspecified atom stereocenters. The zero-order valence-corrected chi connectivity index (χ0v) is 14.5. The van der Waals surface area contributed by atoms with E-state index < -0.39 is 0 Å². The van der Waals surface area contributed by atoms with Gasteiger partial charge in [-0.15, -0.1) is 0 Å². The Labute approximate surface area is 131 Å². The Bertz CT molecular complexity index is 429. The van der Waals surface area contributed by atoms with Crippen LogP contribution in [-0.4, -0.2) is 19.8 Å². The summed E-state index contributed by atoms with van der Waals surface area (Å²) in [6.07, 6.45) is 4.12. The number of benzene rings is 1. The molecule has 1 aliphatic rings. The number of halogens is 1. The smallest absolute Gasteiger partial charge is 0.124 e. The number of rotatable bonds is 6. The summed E-state index contributed by atoms with van der Waals surface area (Å²) in [7, 11) is 1.74. The summed E-state index contributed by atoms with van der Waals surface area (Å²) in [5, 5.41) is 0. The molecule has 0 aliphatic heterocycles. The van der Waals surface area contributed by atoms with E-state index in [4.69, 9.17) is 9.47 Å². The molecular weight excluding hydrogens is 316 g/mol. The number of ether oxygens (including phenoxy) is 2. The van der Waals surface area contributed by atoms with E-state index in [1.807, 2.05) is 0 Å². The molecule has 112 valence electrons. The van der Waals surface area contributed by atoms with Crippen LogP contribution in [0.1, 0.15) is 47.7 Å². The highest BCUT2D eigenvalue weighted by Gasteiger charge is 2.31. The minimum absolute atomic E-state index is 0.429. The van der Waals surface area contributed by atoms with Crippen molar-refractivity contribution in [1.29, 1.82) is 0 Å². The number of hydrogen-bond donors (Lipinski definition) is 0. The molecule has 0 saturated heterocycles. The molecular formula is C17H25BrO2. The minimum atomic E-state index is 0.429. The molecule has 0 spiro atoms. The molecule has 1 aliphatic carbocycles. The van der Waals surface area contributed by atoms with Crippen LogP contribution in [0.4, 0.5) is 0 Å². The fourth-order valence-corrected chi connectivity index (χ4v) is 3.95. The molecule has 1 aromatic rings. The van der Waals surface area contributed by atoms with Gasteiger partial charge in [-0.2, -0.15) is 0 Å². The van der Waals surface area contributed by atoms with E-state index in [9.17, 15) is 0 Å². The summed E-state index contributed by atoms with van der Waals surface area (Å²) < 4.78 is 11.1. The minimum Gasteiger partial charge on any atom is -0.496 e. The summed E-state index contributed by atoms with van der Waals surface area (Å²) in [6, 6.07) is 4.48. The van der Waals surface area contributed by atoms with Gasteiger partial charge in [-0.05, 0) is 62.6 Å². The molecule has 1 atom stereocenters. The standard InChI is InChI=1S/C17H25BrO2/c1-5-20-15-8-13(9-15)10-16(18)14-6-11(2)17(19-4)12(3)7-14/h6-7,13,15-16H,5,8-10H2,1-4H3. The Morgan fingerprint density at radius 3 is 2.35 bits per heavy atom. The molecule has 0 N–H and O–H groups in total. The van der Waals surface area contributed by atoms with Crippen molar-refractivity contribution < 1.29 is 9.47 Å². The average Bonchev–Trinajstić information content (AvgIpc) is 2.35. The van der Waals surface area contributed by atoms with Crippen LogP contribution in [0.2, 0.25) is 0 Å². The van der Waals surface area contributed by atoms with E-state index in [0.717, 1.165) is 18.3 Å². The summed E-state index contributed by atoms with van der Waals surface area (Å²) in [6.45, 7) is 7.14. The van der Waals surface area contributed by atoms with E-state index in [-0.39, 0.29) is 0 Å². The molecule has 0 aromatic heterocycles. The van der Waals surface area contributed by atoms with Crippen LogP contribution in [0.15, 0.2) is 12.1 Å². The van der Waals surface area contributed by atoms with Crippen molar-refractivity contribution in [1.82, 2.24) is 0 Å². The van der Waals surface area contributed by atoms with Crippen molar-refractivity contribution in [3.63, 3.8) is 0 Å². The molecule has 0 amide bonds. The fraction of sp³-hybridized carbons (Fsp3) is 0.647. The second-order valence-corrected chi connectivity index (χ2v) is 6.91. The van der Waals surface area contributed by atoms with Crippen LogP contribution in [0, 0.1) is 19.8 Å². The van der Waals surface area contributed by atoms with Gasteiger partial charge in [0.05, 0.1) is 13.2 Å². The molecule has 20 heavy (non-hydrogen) atoms. The Kier molecular flexibility index (Phi) is 5.50. The normalized spacial score (nSPS) is 23.2. The van der Waals surface area contributed by atoms with Gasteiger partial charge in [-0.3, -0.25) is 0 Å². The van der Waals surface area contributed by atoms with Crippen LogP contribution in [0.5, 0.6) is 5.75 Å². The van der Waals surface area contributed by atoms with Gasteiger partial charge in [0, 0.05) is 11.4 Å². The lowest BCUT2D eigenvalue weighted by atomic mass is 9.78. The van der Waals surface area contributed by atoms with Gasteiger partial charge < -0.3 is 9.47 Å². The first-order valence-electron chi connectivity index (χ1n) is 7.45. The SMILES string of the molecule is CCOC1CC(CC(Br)c2cc(C)c(OC)c(C)c2)C1. The quantitative estimate of drug-likeness (QED) is 0.682. The Balaban J connectivity index is 1.95. The van der Waals surface area contributed by atoms with Gasteiger partial charge in [0.2, 0.25) is 0 Å². The Morgan fingerprint density at radius 2 is 1.85 bits per heavy atom. The van der Waals surface area contributed by atoms with Crippen molar-refractivity contribution >= 4 is 15.9 Å². The van der Waals surface area contributed by atoms with Crippen LogP contribution in [-0.2, 0) is 4.74 Å². The molecule has 0 heterocycles. The first-order chi connectivity index (χ1) is 9.55. The molecule has 0 radical (unpaired) electrons. The highest BCUT2D eigenvalue weighted by molar-refractivity contribution is 9.09. The lowest BCUT2D eigenvalue weighted by Crippen LogP contribution is -2.31. The monoisotopic (exact) mass is 340 g/mol. The first-order valence-corrected chi connectivity index (χ1v) is 8.37. The van der Waals surface area contributed by atoms with Gasteiger partial charge in [0.1, 0.15) is 5.75 Å². The molecule has 1 saturated carbocycles. The van der Waals surface area contributed by atoms with E-state index in [0.29, 0.717) is 10.9 Å². The number of hydrogen-bond acceptors (Lipinski definition) is 2. The van der Waals surface area contributed by atoms with Crippen LogP contribution in [0.25, 0.3) is 0 Å². The lowest BCUT2D eigenvalue weighted by Gasteiger charge is -2.36. The molecule has 2 nitrogen and oxygen atoms in total. The largest absolute Gasteiger partial charge is 0.496 e. The van der Waals surface area contributed by atoms with Crippen molar-refractivity contribution in [2.24, 2.45) is 5.92 Å². The number of alkyl halides is 1. The number of methoxy groups -OCH3 is 1. The fourth-order valence-electron chi connectivity index (χ4n) is 3.15. The topological polar surface area (TPSA) is 18.5 Å². The third-order valence-corrected chi connectivity index (χ3v) is 5.09. The summed E-state index contributed by atoms with van der Waals surface area (Å²) in [4.78, 5) is 0.429. The highest BCUT2D eigenvalue weighted by Crippen LogP contribution is 2.41. The van der Waals surface area contributed by atoms with Crippen LogP contribution in [0.3, 0.4) is 0 Å². The molecule has 3 heteroatoms. The maximum Gasteiger partial charge on any atom is 0.124 e. The summed E-state index contributed by atoms with van der Waals surface area (Å²) >= 11 is 3.85. The molecule has 0 bridgehead atoms. The summed E-state index contributed by atoms with van der Waals surface area (Å²) in [5.41, 5.74) is 3.79. The Hall–Kier alpha value is -0.540. The molecule has 1 aromatic carbocycles. The van der Waals surface area contributed by atoms with Gasteiger partial charge in [0.25, 0.3) is 0 Å². The second-order valence-electron chi connectivity index (χ2n) is 5.81. The van der Waals surface area contributed by atoms with E-state index in [2.05, 4.69) is 48.8 Å². The molecule has 2 rings (SSSR count). The second kappa shape index (κ2) is 6.95. The van der Waals surface area contributed by atoms with E-state index >= 15 is 0 Å². The van der Waals surface area contributed by atoms with Crippen LogP contribution >= 0.6 is 15.9 Å². The van der Waals surface area contributed by atoms with Crippen molar-refractivity contribution in [2.75, 3.05) is 13.7 Å². The zero-order chi connectivity index (χ0) is 14.7. The van der Waals surface area contributed by atoms with Gasteiger partial charge in [-0.25, -0.2) is 0 Å².